The number of hydrogen-bond donors (Lipinski definition) is 0. The first-order valence-corrected chi connectivity index (χ1v) is 8.76. The average Bonchev–Trinajstić information content (AvgIpc) is 2.32. The van der Waals surface area contributed by atoms with Crippen LogP contribution in [0.25, 0.3) is 0 Å². The molecule has 1 aromatic rings. The molecule has 0 aliphatic carbocycles. The first-order valence-electron chi connectivity index (χ1n) is 6.49. The lowest BCUT2D eigenvalue weighted by Crippen LogP contribution is -2.46. The molecule has 0 amide bonds. The normalized spacial score (nSPS) is 22.4. The average molecular weight is 318 g/mol. The van der Waals surface area contributed by atoms with Crippen LogP contribution in [0, 0.1) is 0 Å². The van der Waals surface area contributed by atoms with Crippen LogP contribution in [0.5, 0.6) is 11.5 Å². The van der Waals surface area contributed by atoms with Crippen LogP contribution in [0.1, 0.15) is 6.42 Å². The van der Waals surface area contributed by atoms with Gasteiger partial charge in [0.05, 0.1) is 9.92 Å². The van der Waals surface area contributed by atoms with Crippen molar-refractivity contribution in [3.63, 3.8) is 0 Å². The lowest BCUT2D eigenvalue weighted by atomic mass is 10.2. The molecule has 0 bridgehead atoms. The third-order valence-electron chi connectivity index (χ3n) is 3.53. The minimum absolute atomic E-state index is 0.0892. The number of benzene rings is 1. The molecule has 0 aromatic heterocycles. The summed E-state index contributed by atoms with van der Waals surface area (Å²) in [7, 11) is -3.32. The van der Waals surface area contributed by atoms with Crippen LogP contribution in [-0.2, 0) is 9.84 Å². The fraction of sp³-hybridized carbons (Fsp3) is 0.538. The van der Waals surface area contributed by atoms with Gasteiger partial charge >= 0.3 is 0 Å². The smallest absolute Gasteiger partial charge is 0.180 e. The highest BCUT2D eigenvalue weighted by Crippen LogP contribution is 2.40. The van der Waals surface area contributed by atoms with Crippen molar-refractivity contribution >= 4 is 21.4 Å². The molecule has 5 nitrogen and oxygen atoms in total. The number of rotatable bonds is 3. The maximum atomic E-state index is 11.6. The van der Waals surface area contributed by atoms with Gasteiger partial charge in [0.1, 0.15) is 12.7 Å². The zero-order chi connectivity index (χ0) is 14.3. The molecule has 2 aliphatic heterocycles. The van der Waals surface area contributed by atoms with E-state index in [0.717, 1.165) is 25.9 Å². The Kier molecular flexibility index (Phi) is 3.56. The van der Waals surface area contributed by atoms with E-state index < -0.39 is 9.84 Å². The summed E-state index contributed by atoms with van der Waals surface area (Å²) in [6, 6.07) is 2.88. The molecule has 0 N–H and O–H groups in total. The number of halogens is 1. The Balaban J connectivity index is 1.85. The lowest BCUT2D eigenvalue weighted by molar-refractivity contribution is 0.0401. The Morgan fingerprint density at radius 3 is 2.75 bits per heavy atom. The molecule has 0 saturated carbocycles. The molecule has 1 saturated heterocycles. The number of nitrogens with zero attached hydrogens (tertiary/aromatic N) is 1. The van der Waals surface area contributed by atoms with E-state index in [1.165, 1.54) is 18.6 Å². The van der Waals surface area contributed by atoms with Crippen LogP contribution in [-0.4, -0.2) is 51.9 Å². The Morgan fingerprint density at radius 2 is 2.15 bits per heavy atom. The third-order valence-corrected chi connectivity index (χ3v) is 4.90. The topological polar surface area (TPSA) is 55.8 Å². The van der Waals surface area contributed by atoms with Crippen molar-refractivity contribution in [3.8, 4) is 11.5 Å². The Morgan fingerprint density at radius 1 is 1.40 bits per heavy atom. The van der Waals surface area contributed by atoms with Gasteiger partial charge in [0.25, 0.3) is 0 Å². The van der Waals surface area contributed by atoms with Gasteiger partial charge in [-0.15, -0.1) is 0 Å². The quantitative estimate of drug-likeness (QED) is 0.847. The summed E-state index contributed by atoms with van der Waals surface area (Å²) in [5, 5.41) is 0.269. The molecular formula is C13H16ClNO4S. The van der Waals surface area contributed by atoms with E-state index in [-0.39, 0.29) is 16.0 Å². The van der Waals surface area contributed by atoms with E-state index in [9.17, 15) is 8.42 Å². The summed E-state index contributed by atoms with van der Waals surface area (Å²) in [6.07, 6.45) is 2.27. The van der Waals surface area contributed by atoms with Crippen molar-refractivity contribution in [1.29, 1.82) is 0 Å². The van der Waals surface area contributed by atoms with Crippen molar-refractivity contribution in [1.82, 2.24) is 4.90 Å². The lowest BCUT2D eigenvalue weighted by Gasteiger charge is -2.36. The summed E-state index contributed by atoms with van der Waals surface area (Å²) >= 11 is 6.07. The summed E-state index contributed by atoms with van der Waals surface area (Å²) in [5.41, 5.74) is 0. The van der Waals surface area contributed by atoms with Crippen molar-refractivity contribution < 1.29 is 17.9 Å². The fourth-order valence-electron chi connectivity index (χ4n) is 2.32. The van der Waals surface area contributed by atoms with Crippen LogP contribution in [0.2, 0.25) is 5.02 Å². The van der Waals surface area contributed by atoms with Gasteiger partial charge in [-0.1, -0.05) is 11.6 Å². The molecule has 1 atom stereocenters. The fourth-order valence-corrected chi connectivity index (χ4v) is 3.30. The highest BCUT2D eigenvalue weighted by molar-refractivity contribution is 7.90. The van der Waals surface area contributed by atoms with Gasteiger partial charge in [-0.3, -0.25) is 4.90 Å². The molecule has 3 rings (SSSR count). The van der Waals surface area contributed by atoms with E-state index in [2.05, 4.69) is 4.90 Å². The number of sulfone groups is 1. The minimum Gasteiger partial charge on any atom is -0.484 e. The molecule has 0 radical (unpaired) electrons. The van der Waals surface area contributed by atoms with Gasteiger partial charge in [0.15, 0.2) is 21.3 Å². The van der Waals surface area contributed by atoms with E-state index in [4.69, 9.17) is 21.1 Å². The Labute approximate surface area is 123 Å². The predicted molar refractivity (Wildman–Crippen MR) is 75.5 cm³/mol. The SMILES string of the molecule is CS(=O)(=O)c1cc(Cl)c2c(c1)O[C@@H](CN1CCC1)CO2. The van der Waals surface area contributed by atoms with Gasteiger partial charge < -0.3 is 9.47 Å². The molecule has 1 aromatic carbocycles. The number of ether oxygens (including phenoxy) is 2. The maximum Gasteiger partial charge on any atom is 0.180 e. The van der Waals surface area contributed by atoms with Crippen LogP contribution in [0.4, 0.5) is 0 Å². The van der Waals surface area contributed by atoms with Gasteiger partial charge in [0, 0.05) is 18.9 Å². The molecule has 1 fully saturated rings. The Hall–Kier alpha value is -0.980. The first kappa shape index (κ1) is 14.0. The molecule has 110 valence electrons. The minimum atomic E-state index is -3.32. The maximum absolute atomic E-state index is 11.6. The van der Waals surface area contributed by atoms with Gasteiger partial charge in [-0.2, -0.15) is 0 Å². The van der Waals surface area contributed by atoms with E-state index >= 15 is 0 Å². The second-order valence-corrected chi connectivity index (χ2v) is 7.63. The number of fused-ring (bicyclic) bond motifs is 1. The van der Waals surface area contributed by atoms with Gasteiger partial charge in [-0.25, -0.2) is 8.42 Å². The molecule has 2 heterocycles. The predicted octanol–water partition coefficient (Wildman–Crippen LogP) is 1.59. The van der Waals surface area contributed by atoms with E-state index in [1.807, 2.05) is 0 Å². The van der Waals surface area contributed by atoms with Crippen molar-refractivity contribution in [3.05, 3.63) is 17.2 Å². The van der Waals surface area contributed by atoms with E-state index in [1.54, 1.807) is 0 Å². The summed E-state index contributed by atoms with van der Waals surface area (Å²) in [6.45, 7) is 3.38. The summed E-state index contributed by atoms with van der Waals surface area (Å²) in [5.74, 6) is 0.841. The molecule has 7 heteroatoms. The zero-order valence-corrected chi connectivity index (χ0v) is 12.7. The largest absolute Gasteiger partial charge is 0.484 e. The standard InChI is InChI=1S/C13H16ClNO4S/c1-20(16,17)10-5-11(14)13-12(6-10)19-9(8-18-13)7-15-3-2-4-15/h5-6,9H,2-4,7-8H2,1H3/t9-/m0/s1. The van der Waals surface area contributed by atoms with Crippen LogP contribution < -0.4 is 9.47 Å². The summed E-state index contributed by atoms with van der Waals surface area (Å²) < 4.78 is 34.7. The zero-order valence-electron chi connectivity index (χ0n) is 11.1. The van der Waals surface area contributed by atoms with Crippen molar-refractivity contribution in [2.24, 2.45) is 0 Å². The molecule has 0 spiro atoms. The van der Waals surface area contributed by atoms with Crippen molar-refractivity contribution in [2.45, 2.75) is 17.4 Å². The first-order chi connectivity index (χ1) is 9.43. The van der Waals surface area contributed by atoms with Crippen LogP contribution >= 0.6 is 11.6 Å². The van der Waals surface area contributed by atoms with Crippen LogP contribution in [0.15, 0.2) is 17.0 Å². The highest BCUT2D eigenvalue weighted by Gasteiger charge is 2.28. The monoisotopic (exact) mass is 317 g/mol. The third kappa shape index (κ3) is 2.73. The Bertz CT molecular complexity index is 628. The van der Waals surface area contributed by atoms with Crippen LogP contribution in [0.3, 0.4) is 0 Å². The number of hydrogen-bond acceptors (Lipinski definition) is 5. The summed E-state index contributed by atoms with van der Waals surface area (Å²) in [4.78, 5) is 2.43. The second kappa shape index (κ2) is 5.09. The second-order valence-electron chi connectivity index (χ2n) is 5.21. The van der Waals surface area contributed by atoms with E-state index in [0.29, 0.717) is 18.1 Å². The van der Waals surface area contributed by atoms with Gasteiger partial charge in [-0.05, 0) is 25.6 Å². The van der Waals surface area contributed by atoms with Crippen molar-refractivity contribution in [2.75, 3.05) is 32.5 Å². The van der Waals surface area contributed by atoms with Gasteiger partial charge in [0.2, 0.25) is 0 Å². The molecule has 0 unspecified atom stereocenters. The molecule has 20 heavy (non-hydrogen) atoms. The molecule has 2 aliphatic rings. The molecular weight excluding hydrogens is 302 g/mol. The highest BCUT2D eigenvalue weighted by atomic mass is 35.5. The number of likely N-dealkylation sites (tertiary alicyclic amines) is 1.